The van der Waals surface area contributed by atoms with Crippen LogP contribution in [-0.4, -0.2) is 59.0 Å². The zero-order valence-corrected chi connectivity index (χ0v) is 11.7. The van der Waals surface area contributed by atoms with Gasteiger partial charge in [0.05, 0.1) is 19.2 Å². The summed E-state index contributed by atoms with van der Waals surface area (Å²) in [6.07, 6.45) is 4.48. The van der Waals surface area contributed by atoms with Crippen LogP contribution in [0.2, 0.25) is 0 Å². The van der Waals surface area contributed by atoms with Crippen LogP contribution in [0.15, 0.2) is 0 Å². The molecule has 1 N–H and O–H groups in total. The molecule has 2 atom stereocenters. The molecule has 2 amide bonds. The molecular weight excluding hydrogens is 244 g/mol. The number of carbonyl (C=O) groups excluding carboxylic acids is 2. The van der Waals surface area contributed by atoms with Crippen LogP contribution < -0.4 is 0 Å². The number of aliphatic hydroxyl groups excluding tert-OH is 1. The first-order valence-electron chi connectivity index (χ1n) is 7.31. The lowest BCUT2D eigenvalue weighted by molar-refractivity contribution is -0.141. The number of aliphatic hydroxyl groups is 1. The Balaban J connectivity index is 1.94. The average molecular weight is 268 g/mol. The van der Waals surface area contributed by atoms with Crippen molar-refractivity contribution >= 4 is 11.8 Å². The van der Waals surface area contributed by atoms with Crippen LogP contribution in [0.1, 0.15) is 39.0 Å². The van der Waals surface area contributed by atoms with E-state index in [1.54, 1.807) is 9.80 Å². The third-order valence-corrected chi connectivity index (χ3v) is 4.39. The SMILES string of the molecule is CC1CCN(C(=O)CN2CCCCCC2=O)C1CO. The van der Waals surface area contributed by atoms with Crippen molar-refractivity contribution < 1.29 is 14.7 Å². The van der Waals surface area contributed by atoms with Gasteiger partial charge in [-0.2, -0.15) is 0 Å². The molecule has 0 bridgehead atoms. The summed E-state index contributed by atoms with van der Waals surface area (Å²) in [5.41, 5.74) is 0. The Morgan fingerprint density at radius 3 is 2.84 bits per heavy atom. The van der Waals surface area contributed by atoms with Crippen LogP contribution in [0.4, 0.5) is 0 Å². The van der Waals surface area contributed by atoms with E-state index in [2.05, 4.69) is 6.92 Å². The average Bonchev–Trinajstić information content (AvgIpc) is 2.65. The minimum atomic E-state index is -0.0745. The molecule has 0 spiro atoms. The Morgan fingerprint density at radius 2 is 2.11 bits per heavy atom. The molecule has 0 radical (unpaired) electrons. The maximum atomic E-state index is 12.3. The molecule has 0 saturated carbocycles. The number of amides is 2. The fraction of sp³-hybridized carbons (Fsp3) is 0.857. The van der Waals surface area contributed by atoms with Crippen molar-refractivity contribution in [3.05, 3.63) is 0 Å². The van der Waals surface area contributed by atoms with Crippen LogP contribution in [0, 0.1) is 5.92 Å². The zero-order chi connectivity index (χ0) is 13.8. The maximum absolute atomic E-state index is 12.3. The van der Waals surface area contributed by atoms with E-state index in [-0.39, 0.29) is 31.0 Å². The monoisotopic (exact) mass is 268 g/mol. The van der Waals surface area contributed by atoms with Gasteiger partial charge in [0, 0.05) is 19.5 Å². The van der Waals surface area contributed by atoms with Gasteiger partial charge in [0.1, 0.15) is 0 Å². The van der Waals surface area contributed by atoms with E-state index >= 15 is 0 Å². The second-order valence-electron chi connectivity index (χ2n) is 5.73. The molecule has 0 aromatic heterocycles. The van der Waals surface area contributed by atoms with Gasteiger partial charge in [-0.25, -0.2) is 0 Å². The molecule has 5 heteroatoms. The topological polar surface area (TPSA) is 60.9 Å². The summed E-state index contributed by atoms with van der Waals surface area (Å²) >= 11 is 0. The highest BCUT2D eigenvalue weighted by Crippen LogP contribution is 2.24. The molecule has 2 fully saturated rings. The van der Waals surface area contributed by atoms with Crippen LogP contribution >= 0.6 is 0 Å². The normalized spacial score (nSPS) is 28.6. The molecule has 108 valence electrons. The number of likely N-dealkylation sites (tertiary alicyclic amines) is 2. The molecular formula is C14H24N2O3. The van der Waals surface area contributed by atoms with E-state index in [4.69, 9.17) is 0 Å². The Labute approximate surface area is 114 Å². The molecule has 2 heterocycles. The number of carbonyl (C=O) groups is 2. The summed E-state index contributed by atoms with van der Waals surface area (Å²) in [5, 5.41) is 9.38. The summed E-state index contributed by atoms with van der Waals surface area (Å²) in [7, 11) is 0. The molecule has 5 nitrogen and oxygen atoms in total. The summed E-state index contributed by atoms with van der Waals surface area (Å²) in [5.74, 6) is 0.422. The third kappa shape index (κ3) is 3.26. The Hall–Kier alpha value is -1.10. The van der Waals surface area contributed by atoms with Gasteiger partial charge in [0.15, 0.2) is 0 Å². The van der Waals surface area contributed by atoms with Gasteiger partial charge in [0.2, 0.25) is 11.8 Å². The number of nitrogens with zero attached hydrogens (tertiary/aromatic N) is 2. The summed E-state index contributed by atoms with van der Waals surface area (Å²) in [4.78, 5) is 27.6. The molecule has 0 aromatic rings. The van der Waals surface area contributed by atoms with E-state index in [0.29, 0.717) is 25.4 Å². The smallest absolute Gasteiger partial charge is 0.242 e. The van der Waals surface area contributed by atoms with Crippen molar-refractivity contribution in [2.75, 3.05) is 26.2 Å². The fourth-order valence-electron chi connectivity index (χ4n) is 3.06. The summed E-state index contributed by atoms with van der Waals surface area (Å²) in [6, 6.07) is -0.0745. The quantitative estimate of drug-likeness (QED) is 0.816. The van der Waals surface area contributed by atoms with E-state index in [0.717, 1.165) is 25.7 Å². The molecule has 2 rings (SSSR count). The second-order valence-corrected chi connectivity index (χ2v) is 5.73. The van der Waals surface area contributed by atoms with Gasteiger partial charge >= 0.3 is 0 Å². The lowest BCUT2D eigenvalue weighted by Gasteiger charge is -2.28. The fourth-order valence-corrected chi connectivity index (χ4v) is 3.06. The first-order chi connectivity index (χ1) is 9.13. The third-order valence-electron chi connectivity index (χ3n) is 4.39. The Bertz CT molecular complexity index is 346. The van der Waals surface area contributed by atoms with Crippen molar-refractivity contribution in [2.24, 2.45) is 5.92 Å². The van der Waals surface area contributed by atoms with E-state index < -0.39 is 0 Å². The van der Waals surface area contributed by atoms with Crippen LogP contribution in [0.25, 0.3) is 0 Å². The number of hydrogen-bond donors (Lipinski definition) is 1. The van der Waals surface area contributed by atoms with Crippen molar-refractivity contribution in [3.63, 3.8) is 0 Å². The first-order valence-corrected chi connectivity index (χ1v) is 7.31. The van der Waals surface area contributed by atoms with Gasteiger partial charge in [-0.3, -0.25) is 9.59 Å². The molecule has 2 saturated heterocycles. The minimum Gasteiger partial charge on any atom is -0.394 e. The number of hydrogen-bond acceptors (Lipinski definition) is 3. The van der Waals surface area contributed by atoms with Gasteiger partial charge in [-0.1, -0.05) is 13.3 Å². The summed E-state index contributed by atoms with van der Waals surface area (Å²) < 4.78 is 0. The number of rotatable bonds is 3. The van der Waals surface area contributed by atoms with Crippen molar-refractivity contribution in [2.45, 2.75) is 45.1 Å². The lowest BCUT2D eigenvalue weighted by Crippen LogP contribution is -2.46. The van der Waals surface area contributed by atoms with Gasteiger partial charge in [-0.05, 0) is 25.2 Å². The second kappa shape index (κ2) is 6.37. The van der Waals surface area contributed by atoms with Crippen molar-refractivity contribution in [1.29, 1.82) is 0 Å². The van der Waals surface area contributed by atoms with Gasteiger partial charge < -0.3 is 14.9 Å². The highest BCUT2D eigenvalue weighted by molar-refractivity contribution is 5.85. The molecule has 0 aliphatic carbocycles. The first kappa shape index (κ1) is 14.3. The highest BCUT2D eigenvalue weighted by Gasteiger charge is 2.34. The molecule has 2 aliphatic heterocycles. The van der Waals surface area contributed by atoms with Crippen LogP contribution in [0.3, 0.4) is 0 Å². The molecule has 2 aliphatic rings. The van der Waals surface area contributed by atoms with Crippen molar-refractivity contribution in [1.82, 2.24) is 9.80 Å². The minimum absolute atomic E-state index is 0.0147. The predicted molar refractivity (Wildman–Crippen MR) is 71.4 cm³/mol. The van der Waals surface area contributed by atoms with Gasteiger partial charge in [0.25, 0.3) is 0 Å². The standard InChI is InChI=1S/C14H24N2O3/c1-11-6-8-16(12(11)10-17)14(19)9-15-7-4-2-3-5-13(15)18/h11-12,17H,2-10H2,1H3. The van der Waals surface area contributed by atoms with E-state index in [1.165, 1.54) is 0 Å². The molecule has 19 heavy (non-hydrogen) atoms. The Morgan fingerprint density at radius 1 is 1.32 bits per heavy atom. The van der Waals surface area contributed by atoms with Crippen LogP contribution in [-0.2, 0) is 9.59 Å². The zero-order valence-electron chi connectivity index (χ0n) is 11.7. The summed E-state index contributed by atoms with van der Waals surface area (Å²) in [6.45, 7) is 3.65. The van der Waals surface area contributed by atoms with Gasteiger partial charge in [-0.15, -0.1) is 0 Å². The molecule has 0 aromatic carbocycles. The van der Waals surface area contributed by atoms with E-state index in [9.17, 15) is 14.7 Å². The van der Waals surface area contributed by atoms with Crippen molar-refractivity contribution in [3.8, 4) is 0 Å². The van der Waals surface area contributed by atoms with E-state index in [1.807, 2.05) is 0 Å². The predicted octanol–water partition coefficient (Wildman–Crippen LogP) is 0.618. The molecule has 2 unspecified atom stereocenters. The van der Waals surface area contributed by atoms with Crippen LogP contribution in [0.5, 0.6) is 0 Å². The Kier molecular flexibility index (Phi) is 4.80. The maximum Gasteiger partial charge on any atom is 0.242 e. The lowest BCUT2D eigenvalue weighted by atomic mass is 10.0. The largest absolute Gasteiger partial charge is 0.394 e. The highest BCUT2D eigenvalue weighted by atomic mass is 16.3.